The van der Waals surface area contributed by atoms with Crippen molar-refractivity contribution in [1.29, 1.82) is 0 Å². The van der Waals surface area contributed by atoms with Crippen LogP contribution < -0.4 is 10.1 Å². The second-order valence-electron chi connectivity index (χ2n) is 8.03. The molecule has 4 rings (SSSR count). The van der Waals surface area contributed by atoms with E-state index >= 15 is 0 Å². The number of ether oxygens (including phenoxy) is 1. The molecule has 0 spiro atoms. The van der Waals surface area contributed by atoms with Gasteiger partial charge in [0.15, 0.2) is 5.13 Å². The predicted octanol–water partition coefficient (Wildman–Crippen LogP) is 8.49. The number of nitrogens with zero attached hydrogens (tertiary/aromatic N) is 1. The predicted molar refractivity (Wildman–Crippen MR) is 143 cm³/mol. The molecule has 0 fully saturated rings. The summed E-state index contributed by atoms with van der Waals surface area (Å²) in [4.78, 5) is 18.9. The Hall–Kier alpha value is -2.58. The van der Waals surface area contributed by atoms with E-state index in [4.69, 9.17) is 32.9 Å². The number of nitrogens with one attached hydrogen (secondary N) is 1. The Morgan fingerprint density at radius 1 is 1.09 bits per heavy atom. The first-order chi connectivity index (χ1) is 16.2. The van der Waals surface area contributed by atoms with Gasteiger partial charge in [0.2, 0.25) is 0 Å². The van der Waals surface area contributed by atoms with Gasteiger partial charge in [-0.15, -0.1) is 22.7 Å². The molecular weight excluding hydrogens is 511 g/mol. The Labute approximate surface area is 216 Å². The second-order valence-corrected chi connectivity index (χ2v) is 11.0. The number of carboxylic acid groups (broad SMARTS) is 1. The SMILES string of the molecule is COc1cccc(-c2cc(Nc3nc(-c4ccc(Cl)c(Cl)c4)c(CC(C)C)s3)c(C(=O)O)s2)c1. The third kappa shape index (κ3) is 5.39. The van der Waals surface area contributed by atoms with Crippen LogP contribution in [0.5, 0.6) is 5.75 Å². The first kappa shape index (κ1) is 24.5. The zero-order valence-corrected chi connectivity index (χ0v) is 21.8. The standard InChI is InChI=1S/C25H22Cl2N2O3S2/c1-13(2)9-21-22(15-7-8-17(26)18(27)11-15)29-25(34-21)28-19-12-20(33-23(19)24(30)31)14-5-4-6-16(10-14)32-3/h4-8,10-13H,9H2,1-3H3,(H,28,29)(H,30,31). The number of carboxylic acids is 1. The molecule has 2 aromatic carbocycles. The molecule has 0 saturated carbocycles. The minimum atomic E-state index is -0.995. The molecule has 0 aliphatic heterocycles. The number of methoxy groups -OCH3 is 1. The molecule has 9 heteroatoms. The largest absolute Gasteiger partial charge is 0.497 e. The van der Waals surface area contributed by atoms with Gasteiger partial charge in [0.05, 0.1) is 28.5 Å². The summed E-state index contributed by atoms with van der Waals surface area (Å²) in [6.07, 6.45) is 0.833. The van der Waals surface area contributed by atoms with Crippen molar-refractivity contribution in [2.45, 2.75) is 20.3 Å². The molecule has 0 bridgehead atoms. The normalized spacial score (nSPS) is 11.1. The molecule has 0 aliphatic carbocycles. The molecule has 34 heavy (non-hydrogen) atoms. The zero-order chi connectivity index (χ0) is 24.4. The van der Waals surface area contributed by atoms with Gasteiger partial charge in [-0.05, 0) is 48.2 Å². The summed E-state index contributed by atoms with van der Waals surface area (Å²) >= 11 is 15.1. The summed E-state index contributed by atoms with van der Waals surface area (Å²) in [5.74, 6) is 0.136. The zero-order valence-electron chi connectivity index (χ0n) is 18.7. The van der Waals surface area contributed by atoms with Crippen LogP contribution in [0.25, 0.3) is 21.7 Å². The Balaban J connectivity index is 1.73. The van der Waals surface area contributed by atoms with E-state index < -0.39 is 5.97 Å². The lowest BCUT2D eigenvalue weighted by Crippen LogP contribution is -1.98. The number of aromatic nitrogens is 1. The van der Waals surface area contributed by atoms with Gasteiger partial charge in [0.25, 0.3) is 0 Å². The average molecular weight is 534 g/mol. The molecule has 0 amide bonds. The van der Waals surface area contributed by atoms with E-state index in [0.717, 1.165) is 33.0 Å². The van der Waals surface area contributed by atoms with E-state index in [1.807, 2.05) is 36.4 Å². The van der Waals surface area contributed by atoms with Crippen molar-refractivity contribution < 1.29 is 14.6 Å². The van der Waals surface area contributed by atoms with Crippen molar-refractivity contribution in [3.8, 4) is 27.4 Å². The molecular formula is C25H22Cl2N2O3S2. The number of halogens is 2. The van der Waals surface area contributed by atoms with Crippen LogP contribution in [-0.4, -0.2) is 23.2 Å². The van der Waals surface area contributed by atoms with Crippen LogP contribution in [0, 0.1) is 5.92 Å². The maximum atomic E-state index is 12.0. The van der Waals surface area contributed by atoms with Crippen LogP contribution in [0.4, 0.5) is 10.8 Å². The molecule has 2 N–H and O–H groups in total. The van der Waals surface area contributed by atoms with Gasteiger partial charge in [0, 0.05) is 15.3 Å². The molecule has 176 valence electrons. The van der Waals surface area contributed by atoms with E-state index in [2.05, 4.69) is 19.2 Å². The van der Waals surface area contributed by atoms with Gasteiger partial charge in [-0.1, -0.05) is 55.2 Å². The van der Waals surface area contributed by atoms with Crippen molar-refractivity contribution in [2.24, 2.45) is 5.92 Å². The van der Waals surface area contributed by atoms with E-state index in [0.29, 0.717) is 32.5 Å². The maximum absolute atomic E-state index is 12.0. The Bertz CT molecular complexity index is 1350. The molecule has 0 unspecified atom stereocenters. The van der Waals surface area contributed by atoms with Gasteiger partial charge in [-0.2, -0.15) is 0 Å². The molecule has 4 aromatic rings. The fraction of sp³-hybridized carbons (Fsp3) is 0.200. The molecule has 0 radical (unpaired) electrons. The van der Waals surface area contributed by atoms with Gasteiger partial charge >= 0.3 is 5.97 Å². The lowest BCUT2D eigenvalue weighted by molar-refractivity contribution is 0.0703. The highest BCUT2D eigenvalue weighted by molar-refractivity contribution is 7.18. The maximum Gasteiger partial charge on any atom is 0.348 e. The number of benzene rings is 2. The first-order valence-corrected chi connectivity index (χ1v) is 12.9. The Morgan fingerprint density at radius 2 is 1.88 bits per heavy atom. The summed E-state index contributed by atoms with van der Waals surface area (Å²) in [6.45, 7) is 4.29. The number of carbonyl (C=O) groups is 1. The molecule has 0 aliphatic rings. The molecule has 2 heterocycles. The smallest absolute Gasteiger partial charge is 0.348 e. The van der Waals surface area contributed by atoms with Gasteiger partial charge < -0.3 is 15.2 Å². The summed E-state index contributed by atoms with van der Waals surface area (Å²) < 4.78 is 5.31. The van der Waals surface area contributed by atoms with Gasteiger partial charge in [-0.3, -0.25) is 0 Å². The summed E-state index contributed by atoms with van der Waals surface area (Å²) in [5.41, 5.74) is 3.08. The van der Waals surface area contributed by atoms with E-state index in [-0.39, 0.29) is 4.88 Å². The van der Waals surface area contributed by atoms with Crippen molar-refractivity contribution in [3.05, 3.63) is 68.3 Å². The molecule has 2 aromatic heterocycles. The number of rotatable bonds is 8. The van der Waals surface area contributed by atoms with Crippen LogP contribution in [0.3, 0.4) is 0 Å². The number of thiazole rings is 1. The highest BCUT2D eigenvalue weighted by Crippen LogP contribution is 2.40. The second kappa shape index (κ2) is 10.4. The van der Waals surface area contributed by atoms with Crippen LogP contribution >= 0.6 is 45.9 Å². The third-order valence-electron chi connectivity index (χ3n) is 5.01. The summed E-state index contributed by atoms with van der Waals surface area (Å²) in [7, 11) is 1.60. The van der Waals surface area contributed by atoms with Crippen LogP contribution in [-0.2, 0) is 6.42 Å². The number of anilines is 2. The van der Waals surface area contributed by atoms with Crippen LogP contribution in [0.2, 0.25) is 10.0 Å². The molecule has 5 nitrogen and oxygen atoms in total. The van der Waals surface area contributed by atoms with E-state index in [9.17, 15) is 9.90 Å². The highest BCUT2D eigenvalue weighted by atomic mass is 35.5. The fourth-order valence-electron chi connectivity index (χ4n) is 3.46. The van der Waals surface area contributed by atoms with Crippen LogP contribution in [0.1, 0.15) is 28.4 Å². The minimum Gasteiger partial charge on any atom is -0.497 e. The number of thiophene rings is 1. The molecule has 0 atom stereocenters. The Morgan fingerprint density at radius 3 is 2.56 bits per heavy atom. The van der Waals surface area contributed by atoms with Crippen molar-refractivity contribution in [1.82, 2.24) is 4.98 Å². The van der Waals surface area contributed by atoms with Crippen molar-refractivity contribution in [2.75, 3.05) is 12.4 Å². The van der Waals surface area contributed by atoms with E-state index in [1.54, 1.807) is 19.2 Å². The quantitative estimate of drug-likeness (QED) is 0.238. The van der Waals surface area contributed by atoms with Crippen LogP contribution in [0.15, 0.2) is 48.5 Å². The fourth-order valence-corrected chi connectivity index (χ4v) is 5.91. The van der Waals surface area contributed by atoms with E-state index in [1.165, 1.54) is 22.7 Å². The first-order valence-electron chi connectivity index (χ1n) is 10.5. The third-order valence-corrected chi connectivity index (χ3v) is 7.91. The monoisotopic (exact) mass is 532 g/mol. The Kier molecular flexibility index (Phi) is 7.48. The number of hydrogen-bond donors (Lipinski definition) is 2. The van der Waals surface area contributed by atoms with Gasteiger partial charge in [0.1, 0.15) is 10.6 Å². The number of hydrogen-bond acceptors (Lipinski definition) is 6. The summed E-state index contributed by atoms with van der Waals surface area (Å²) in [5, 5.41) is 14.6. The van der Waals surface area contributed by atoms with Crippen molar-refractivity contribution >= 4 is 62.7 Å². The van der Waals surface area contributed by atoms with Gasteiger partial charge in [-0.25, -0.2) is 9.78 Å². The average Bonchev–Trinajstić information content (AvgIpc) is 3.40. The highest BCUT2D eigenvalue weighted by Gasteiger charge is 2.20. The molecule has 0 saturated heterocycles. The lowest BCUT2D eigenvalue weighted by Gasteiger charge is -2.06. The summed E-state index contributed by atoms with van der Waals surface area (Å²) in [6, 6.07) is 14.8. The topological polar surface area (TPSA) is 71.5 Å². The minimum absolute atomic E-state index is 0.217. The lowest BCUT2D eigenvalue weighted by atomic mass is 10.0. The van der Waals surface area contributed by atoms with Crippen molar-refractivity contribution in [3.63, 3.8) is 0 Å². The number of aromatic carboxylic acids is 1.